The molecule has 0 saturated heterocycles. The van der Waals surface area contributed by atoms with E-state index >= 15 is 0 Å². The molecule has 0 aromatic rings. The zero-order chi connectivity index (χ0) is 11.4. The van der Waals surface area contributed by atoms with Crippen molar-refractivity contribution in [1.29, 1.82) is 5.26 Å². The fourth-order valence-corrected chi connectivity index (χ4v) is 1.28. The highest BCUT2D eigenvalue weighted by Gasteiger charge is 2.35. The van der Waals surface area contributed by atoms with E-state index in [1.54, 1.807) is 0 Å². The molecular formula is C8H11Cl3N2O. The molecule has 0 bridgehead atoms. The molecule has 0 radical (unpaired) electrons. The van der Waals surface area contributed by atoms with Gasteiger partial charge in [0.2, 0.25) is 0 Å². The predicted molar refractivity (Wildman–Crippen MR) is 57.3 cm³/mol. The first-order valence-electron chi connectivity index (χ1n) is 4.02. The van der Waals surface area contributed by atoms with Crippen LogP contribution < -0.4 is 0 Å². The maximum Gasteiger partial charge on any atom is 0.275 e. The molecule has 0 heterocycles. The van der Waals surface area contributed by atoms with Crippen molar-refractivity contribution in [3.05, 3.63) is 0 Å². The van der Waals surface area contributed by atoms with E-state index < -0.39 is 9.70 Å². The molecule has 3 nitrogen and oxygen atoms in total. The summed E-state index contributed by atoms with van der Waals surface area (Å²) in [7, 11) is 0. The smallest absolute Gasteiger partial charge is 0.275 e. The molecule has 1 amide bonds. The molecular weight excluding hydrogens is 246 g/mol. The van der Waals surface area contributed by atoms with Crippen molar-refractivity contribution in [3.63, 3.8) is 0 Å². The lowest BCUT2D eigenvalue weighted by molar-refractivity contribution is -0.130. The number of hydrogen-bond donors (Lipinski definition) is 0. The average Bonchev–Trinajstić information content (AvgIpc) is 2.00. The van der Waals surface area contributed by atoms with Crippen LogP contribution in [0.5, 0.6) is 0 Å². The fraction of sp³-hybridized carbons (Fsp3) is 0.750. The Kier molecular flexibility index (Phi) is 5.58. The molecule has 0 atom stereocenters. The standard InChI is InChI=1S/C8H11Cl3N2O/c1-6(2)5-13(4-3-12)7(14)8(9,10)11/h6H,4-5H2,1-2H3. The van der Waals surface area contributed by atoms with Crippen molar-refractivity contribution in [2.75, 3.05) is 13.1 Å². The van der Waals surface area contributed by atoms with Gasteiger partial charge in [-0.15, -0.1) is 0 Å². The van der Waals surface area contributed by atoms with E-state index in [4.69, 9.17) is 40.1 Å². The third-order valence-corrected chi connectivity index (χ3v) is 1.86. The van der Waals surface area contributed by atoms with Crippen molar-refractivity contribution < 1.29 is 4.79 Å². The average molecular weight is 258 g/mol. The summed E-state index contributed by atoms with van der Waals surface area (Å²) in [6.07, 6.45) is 0. The number of halogens is 3. The summed E-state index contributed by atoms with van der Waals surface area (Å²) in [4.78, 5) is 12.7. The summed E-state index contributed by atoms with van der Waals surface area (Å²) in [6.45, 7) is 4.16. The van der Waals surface area contributed by atoms with Crippen molar-refractivity contribution in [2.24, 2.45) is 5.92 Å². The summed E-state index contributed by atoms with van der Waals surface area (Å²) >= 11 is 16.3. The van der Waals surface area contributed by atoms with E-state index in [0.29, 0.717) is 6.54 Å². The maximum atomic E-state index is 11.5. The summed E-state index contributed by atoms with van der Waals surface area (Å²) in [6, 6.07) is 1.86. The Morgan fingerprint density at radius 2 is 2.00 bits per heavy atom. The predicted octanol–water partition coefficient (Wildman–Crippen LogP) is 2.36. The van der Waals surface area contributed by atoms with E-state index in [9.17, 15) is 4.79 Å². The maximum absolute atomic E-state index is 11.5. The molecule has 0 N–H and O–H groups in total. The summed E-state index contributed by atoms with van der Waals surface area (Å²) in [5.74, 6) is -0.433. The van der Waals surface area contributed by atoms with Crippen LogP contribution in [0.2, 0.25) is 0 Å². The van der Waals surface area contributed by atoms with Crippen molar-refractivity contribution in [3.8, 4) is 6.07 Å². The SMILES string of the molecule is CC(C)CN(CC#N)C(=O)C(Cl)(Cl)Cl. The van der Waals surface area contributed by atoms with Crippen LogP contribution >= 0.6 is 34.8 Å². The molecule has 0 spiro atoms. The Bertz CT molecular complexity index is 242. The number of hydrogen-bond acceptors (Lipinski definition) is 2. The van der Waals surface area contributed by atoms with Gasteiger partial charge in [-0.05, 0) is 5.92 Å². The molecule has 0 saturated carbocycles. The number of carbonyl (C=O) groups is 1. The zero-order valence-electron chi connectivity index (χ0n) is 7.93. The Morgan fingerprint density at radius 1 is 1.50 bits per heavy atom. The quantitative estimate of drug-likeness (QED) is 0.575. The van der Waals surface area contributed by atoms with Crippen molar-refractivity contribution in [2.45, 2.75) is 17.6 Å². The molecule has 0 aliphatic rings. The molecule has 0 aromatic carbocycles. The van der Waals surface area contributed by atoms with Gasteiger partial charge in [0.15, 0.2) is 0 Å². The summed E-state index contributed by atoms with van der Waals surface area (Å²) in [5, 5.41) is 8.49. The van der Waals surface area contributed by atoms with Crippen LogP contribution in [0, 0.1) is 17.2 Å². The van der Waals surface area contributed by atoms with Gasteiger partial charge in [0.1, 0.15) is 6.54 Å². The topological polar surface area (TPSA) is 44.1 Å². The first-order chi connectivity index (χ1) is 6.29. The number of nitrogens with zero attached hydrogens (tertiary/aromatic N) is 2. The molecule has 0 rings (SSSR count). The van der Waals surface area contributed by atoms with Crippen LogP contribution in [0.1, 0.15) is 13.8 Å². The van der Waals surface area contributed by atoms with E-state index in [1.165, 1.54) is 4.90 Å². The van der Waals surface area contributed by atoms with Crippen molar-refractivity contribution in [1.82, 2.24) is 4.90 Å². The van der Waals surface area contributed by atoms with Crippen LogP contribution in [0.25, 0.3) is 0 Å². The van der Waals surface area contributed by atoms with E-state index in [0.717, 1.165) is 0 Å². The lowest BCUT2D eigenvalue weighted by Gasteiger charge is -2.24. The lowest BCUT2D eigenvalue weighted by Crippen LogP contribution is -2.41. The molecule has 0 aliphatic heterocycles. The van der Waals surface area contributed by atoms with Gasteiger partial charge in [-0.2, -0.15) is 5.26 Å². The van der Waals surface area contributed by atoms with Gasteiger partial charge in [0, 0.05) is 6.54 Å². The summed E-state index contributed by atoms with van der Waals surface area (Å²) in [5.41, 5.74) is 0. The first kappa shape index (κ1) is 13.8. The van der Waals surface area contributed by atoms with E-state index in [-0.39, 0.29) is 12.5 Å². The summed E-state index contributed by atoms with van der Waals surface area (Å²) < 4.78 is -1.98. The minimum atomic E-state index is -1.98. The minimum Gasteiger partial charge on any atom is -0.325 e. The van der Waals surface area contributed by atoms with Crippen LogP contribution in [0.4, 0.5) is 0 Å². The third kappa shape index (κ3) is 4.90. The molecule has 0 aliphatic carbocycles. The monoisotopic (exact) mass is 256 g/mol. The van der Waals surface area contributed by atoms with Crippen LogP contribution in [0.3, 0.4) is 0 Å². The number of carbonyl (C=O) groups excluding carboxylic acids is 1. The van der Waals surface area contributed by atoms with Gasteiger partial charge >= 0.3 is 0 Å². The third-order valence-electron chi connectivity index (χ3n) is 1.38. The minimum absolute atomic E-state index is 0.0646. The van der Waals surface area contributed by atoms with Crippen LogP contribution in [-0.4, -0.2) is 27.7 Å². The molecule has 6 heteroatoms. The van der Waals surface area contributed by atoms with Crippen molar-refractivity contribution >= 4 is 40.7 Å². The molecule has 0 fully saturated rings. The first-order valence-corrected chi connectivity index (χ1v) is 5.15. The molecule has 0 unspecified atom stereocenters. The Hall–Kier alpha value is -0.170. The van der Waals surface area contributed by atoms with Crippen LogP contribution in [-0.2, 0) is 4.79 Å². The lowest BCUT2D eigenvalue weighted by atomic mass is 10.2. The Balaban J connectivity index is 4.51. The van der Waals surface area contributed by atoms with E-state index in [1.807, 2.05) is 19.9 Å². The second-order valence-corrected chi connectivity index (χ2v) is 5.52. The van der Waals surface area contributed by atoms with Gasteiger partial charge < -0.3 is 4.90 Å². The highest BCUT2D eigenvalue weighted by atomic mass is 35.6. The second-order valence-electron chi connectivity index (χ2n) is 3.24. The number of alkyl halides is 3. The second kappa shape index (κ2) is 5.65. The largest absolute Gasteiger partial charge is 0.325 e. The molecule has 14 heavy (non-hydrogen) atoms. The fourth-order valence-electron chi connectivity index (χ4n) is 0.925. The van der Waals surface area contributed by atoms with Gasteiger partial charge in [0.05, 0.1) is 6.07 Å². The highest BCUT2D eigenvalue weighted by Crippen LogP contribution is 2.28. The van der Waals surface area contributed by atoms with Gasteiger partial charge in [-0.25, -0.2) is 0 Å². The highest BCUT2D eigenvalue weighted by molar-refractivity contribution is 6.76. The Morgan fingerprint density at radius 3 is 2.29 bits per heavy atom. The zero-order valence-corrected chi connectivity index (χ0v) is 10.2. The molecule has 0 aromatic heterocycles. The number of rotatable bonds is 3. The Labute approximate surface area is 98.5 Å². The number of amides is 1. The van der Waals surface area contributed by atoms with Gasteiger partial charge in [0.25, 0.3) is 9.70 Å². The van der Waals surface area contributed by atoms with E-state index in [2.05, 4.69) is 0 Å². The van der Waals surface area contributed by atoms with Crippen LogP contribution in [0.15, 0.2) is 0 Å². The van der Waals surface area contributed by atoms with Gasteiger partial charge in [-0.3, -0.25) is 4.79 Å². The molecule has 80 valence electrons. The number of nitriles is 1. The normalized spacial score (nSPS) is 11.2. The van der Waals surface area contributed by atoms with Gasteiger partial charge in [-0.1, -0.05) is 48.7 Å².